The van der Waals surface area contributed by atoms with Gasteiger partial charge in [-0.3, -0.25) is 4.90 Å². The quantitative estimate of drug-likeness (QED) is 0.881. The topological polar surface area (TPSA) is 32.5 Å². The number of nitrogens with two attached hydrogens (primary N) is 1. The number of hydrogen-bond donors (Lipinski definition) is 1. The van der Waals surface area contributed by atoms with Gasteiger partial charge in [-0.2, -0.15) is 0 Å². The summed E-state index contributed by atoms with van der Waals surface area (Å²) in [5.74, 6) is 0. The predicted octanol–water partition coefficient (Wildman–Crippen LogP) is 2.10. The second-order valence-electron chi connectivity index (χ2n) is 5.59. The first-order valence-electron chi connectivity index (χ1n) is 7.49. The number of rotatable bonds is 5. The molecule has 1 aromatic rings. The van der Waals surface area contributed by atoms with Crippen molar-refractivity contribution in [3.05, 3.63) is 35.9 Å². The number of piperazine rings is 1. The van der Waals surface area contributed by atoms with Crippen LogP contribution in [-0.4, -0.2) is 48.6 Å². The van der Waals surface area contributed by atoms with Crippen molar-refractivity contribution in [1.82, 2.24) is 9.80 Å². The Bertz CT molecular complexity index is 356. The maximum absolute atomic E-state index is 6.24. The van der Waals surface area contributed by atoms with Crippen LogP contribution < -0.4 is 5.73 Å². The maximum atomic E-state index is 6.24. The highest BCUT2D eigenvalue weighted by Gasteiger charge is 2.27. The molecule has 19 heavy (non-hydrogen) atoms. The Labute approximate surface area is 117 Å². The second kappa shape index (κ2) is 7.04. The normalized spacial score (nSPS) is 21.2. The maximum Gasteiger partial charge on any atom is 0.0497 e. The lowest BCUT2D eigenvalue weighted by Gasteiger charge is -2.41. The zero-order valence-corrected chi connectivity index (χ0v) is 12.3. The van der Waals surface area contributed by atoms with Gasteiger partial charge < -0.3 is 10.6 Å². The first-order valence-corrected chi connectivity index (χ1v) is 7.49. The summed E-state index contributed by atoms with van der Waals surface area (Å²) in [7, 11) is 0. The summed E-state index contributed by atoms with van der Waals surface area (Å²) in [4.78, 5) is 5.10. The van der Waals surface area contributed by atoms with Crippen molar-refractivity contribution in [2.45, 2.75) is 32.4 Å². The van der Waals surface area contributed by atoms with Crippen LogP contribution in [0.4, 0.5) is 0 Å². The standard InChI is InChI=1S/C16H27N3/c1-3-9-18-10-12-19(13-11-18)16(14(2)17)15-7-5-4-6-8-15/h4-8,14,16H,3,9-13,17H2,1-2H3. The largest absolute Gasteiger partial charge is 0.326 e. The van der Waals surface area contributed by atoms with Gasteiger partial charge in [-0.1, -0.05) is 37.3 Å². The number of nitrogens with zero attached hydrogens (tertiary/aromatic N) is 2. The van der Waals surface area contributed by atoms with Crippen molar-refractivity contribution in [3.8, 4) is 0 Å². The van der Waals surface area contributed by atoms with Crippen LogP contribution in [0.15, 0.2) is 30.3 Å². The van der Waals surface area contributed by atoms with E-state index in [-0.39, 0.29) is 6.04 Å². The summed E-state index contributed by atoms with van der Waals surface area (Å²) >= 11 is 0. The number of hydrogen-bond acceptors (Lipinski definition) is 3. The van der Waals surface area contributed by atoms with E-state index in [0.717, 1.165) is 13.1 Å². The predicted molar refractivity (Wildman–Crippen MR) is 81.1 cm³/mol. The van der Waals surface area contributed by atoms with E-state index in [4.69, 9.17) is 5.73 Å². The molecule has 1 saturated heterocycles. The van der Waals surface area contributed by atoms with Gasteiger partial charge in [-0.15, -0.1) is 0 Å². The molecule has 1 aromatic carbocycles. The van der Waals surface area contributed by atoms with Crippen LogP contribution in [0.2, 0.25) is 0 Å². The molecule has 0 aromatic heterocycles. The van der Waals surface area contributed by atoms with Gasteiger partial charge in [0.1, 0.15) is 0 Å². The van der Waals surface area contributed by atoms with E-state index in [1.807, 2.05) is 0 Å². The summed E-state index contributed by atoms with van der Waals surface area (Å²) in [5, 5.41) is 0. The molecule has 2 unspecified atom stereocenters. The fraction of sp³-hybridized carbons (Fsp3) is 0.625. The molecule has 0 saturated carbocycles. The monoisotopic (exact) mass is 261 g/mol. The van der Waals surface area contributed by atoms with E-state index >= 15 is 0 Å². The highest BCUT2D eigenvalue weighted by Crippen LogP contribution is 2.24. The second-order valence-corrected chi connectivity index (χ2v) is 5.59. The zero-order valence-electron chi connectivity index (χ0n) is 12.3. The van der Waals surface area contributed by atoms with E-state index in [2.05, 4.69) is 54.0 Å². The lowest BCUT2D eigenvalue weighted by Crippen LogP contribution is -2.50. The Balaban J connectivity index is 2.02. The van der Waals surface area contributed by atoms with Crippen molar-refractivity contribution in [2.24, 2.45) is 5.73 Å². The third-order valence-corrected chi connectivity index (χ3v) is 3.98. The molecule has 0 bridgehead atoms. The third-order valence-electron chi connectivity index (χ3n) is 3.98. The molecule has 106 valence electrons. The van der Waals surface area contributed by atoms with Gasteiger partial charge in [0.15, 0.2) is 0 Å². The van der Waals surface area contributed by atoms with Crippen molar-refractivity contribution in [1.29, 1.82) is 0 Å². The molecule has 1 heterocycles. The average molecular weight is 261 g/mol. The summed E-state index contributed by atoms with van der Waals surface area (Å²) in [6.45, 7) is 10.2. The molecule has 1 aliphatic rings. The van der Waals surface area contributed by atoms with E-state index in [1.54, 1.807) is 0 Å². The van der Waals surface area contributed by atoms with E-state index < -0.39 is 0 Å². The van der Waals surface area contributed by atoms with Gasteiger partial charge in [-0.25, -0.2) is 0 Å². The Kier molecular flexibility index (Phi) is 5.37. The molecule has 0 aliphatic carbocycles. The molecule has 3 nitrogen and oxygen atoms in total. The Hall–Kier alpha value is -0.900. The van der Waals surface area contributed by atoms with E-state index in [0.29, 0.717) is 6.04 Å². The summed E-state index contributed by atoms with van der Waals surface area (Å²) in [6, 6.07) is 11.2. The fourth-order valence-corrected chi connectivity index (χ4v) is 3.08. The highest BCUT2D eigenvalue weighted by molar-refractivity contribution is 5.20. The molecular weight excluding hydrogens is 234 g/mol. The van der Waals surface area contributed by atoms with Crippen LogP contribution in [0.25, 0.3) is 0 Å². The van der Waals surface area contributed by atoms with Gasteiger partial charge in [0.2, 0.25) is 0 Å². The smallest absolute Gasteiger partial charge is 0.0497 e. The minimum Gasteiger partial charge on any atom is -0.326 e. The molecule has 2 rings (SSSR count). The first kappa shape index (κ1) is 14.5. The minimum absolute atomic E-state index is 0.167. The SMILES string of the molecule is CCCN1CCN(C(c2ccccc2)C(C)N)CC1. The summed E-state index contributed by atoms with van der Waals surface area (Å²) in [5.41, 5.74) is 7.59. The fourth-order valence-electron chi connectivity index (χ4n) is 3.08. The Morgan fingerprint density at radius 2 is 1.74 bits per heavy atom. The van der Waals surface area contributed by atoms with Crippen molar-refractivity contribution < 1.29 is 0 Å². The van der Waals surface area contributed by atoms with Crippen LogP contribution in [0.5, 0.6) is 0 Å². The highest BCUT2D eigenvalue weighted by atomic mass is 15.3. The van der Waals surface area contributed by atoms with Crippen molar-refractivity contribution >= 4 is 0 Å². The zero-order chi connectivity index (χ0) is 13.7. The average Bonchev–Trinajstić information content (AvgIpc) is 2.42. The van der Waals surface area contributed by atoms with Gasteiger partial charge >= 0.3 is 0 Å². The van der Waals surface area contributed by atoms with Crippen LogP contribution in [0.3, 0.4) is 0 Å². The molecule has 0 amide bonds. The molecular formula is C16H27N3. The lowest BCUT2D eigenvalue weighted by molar-refractivity contribution is 0.0868. The molecule has 1 fully saturated rings. The van der Waals surface area contributed by atoms with E-state index in [1.165, 1.54) is 31.6 Å². The first-order chi connectivity index (χ1) is 9.22. The summed E-state index contributed by atoms with van der Waals surface area (Å²) < 4.78 is 0. The van der Waals surface area contributed by atoms with Crippen molar-refractivity contribution in [2.75, 3.05) is 32.7 Å². The lowest BCUT2D eigenvalue weighted by atomic mass is 9.98. The Morgan fingerprint density at radius 1 is 1.11 bits per heavy atom. The summed E-state index contributed by atoms with van der Waals surface area (Å²) in [6.07, 6.45) is 1.25. The molecule has 2 N–H and O–H groups in total. The molecule has 1 aliphatic heterocycles. The molecule has 0 radical (unpaired) electrons. The van der Waals surface area contributed by atoms with Gasteiger partial charge in [0, 0.05) is 38.3 Å². The Morgan fingerprint density at radius 3 is 2.26 bits per heavy atom. The van der Waals surface area contributed by atoms with Gasteiger partial charge in [-0.05, 0) is 25.5 Å². The van der Waals surface area contributed by atoms with E-state index in [9.17, 15) is 0 Å². The van der Waals surface area contributed by atoms with Gasteiger partial charge in [0.05, 0.1) is 0 Å². The molecule has 0 spiro atoms. The molecule has 3 heteroatoms. The molecule has 2 atom stereocenters. The van der Waals surface area contributed by atoms with Gasteiger partial charge in [0.25, 0.3) is 0 Å². The van der Waals surface area contributed by atoms with Crippen LogP contribution in [0.1, 0.15) is 31.9 Å². The number of benzene rings is 1. The minimum atomic E-state index is 0.167. The third kappa shape index (κ3) is 3.78. The van der Waals surface area contributed by atoms with Crippen molar-refractivity contribution in [3.63, 3.8) is 0 Å². The van der Waals surface area contributed by atoms with Crippen LogP contribution in [0, 0.1) is 0 Å². The van der Waals surface area contributed by atoms with Crippen LogP contribution in [-0.2, 0) is 0 Å². The van der Waals surface area contributed by atoms with Crippen LogP contribution >= 0.6 is 0 Å².